The molecule has 0 aliphatic carbocycles. The van der Waals surface area contributed by atoms with Gasteiger partial charge in [0.05, 0.1) is 0 Å². The van der Waals surface area contributed by atoms with Crippen LogP contribution < -0.4 is 0 Å². The highest BCUT2D eigenvalue weighted by Gasteiger charge is 2.13. The molecular weight excluding hydrogens is 256 g/mol. The smallest absolute Gasteiger partial charge is 0.163 e. The van der Waals surface area contributed by atoms with Gasteiger partial charge in [0.15, 0.2) is 11.4 Å². The number of benzene rings is 1. The van der Waals surface area contributed by atoms with Crippen molar-refractivity contribution in [1.82, 2.24) is 30.8 Å². The van der Waals surface area contributed by atoms with Crippen LogP contribution in [0.25, 0.3) is 22.5 Å². The van der Waals surface area contributed by atoms with E-state index in [2.05, 4.69) is 30.8 Å². The first-order chi connectivity index (χ1) is 9.83. The second-order valence-corrected chi connectivity index (χ2v) is 3.88. The van der Waals surface area contributed by atoms with Gasteiger partial charge in [0.2, 0.25) is 0 Å². The van der Waals surface area contributed by atoms with Gasteiger partial charge in [0.25, 0.3) is 0 Å². The highest BCUT2D eigenvalue weighted by Crippen LogP contribution is 2.26. The molecule has 0 amide bonds. The number of H-pyrrole nitrogens is 2. The van der Waals surface area contributed by atoms with E-state index in [1.165, 1.54) is 0 Å². The maximum absolute atomic E-state index is 8.97. The van der Waals surface area contributed by atoms with Gasteiger partial charge in [0.1, 0.15) is 23.5 Å². The van der Waals surface area contributed by atoms with Crippen LogP contribution >= 0.6 is 0 Å². The van der Waals surface area contributed by atoms with Crippen molar-refractivity contribution in [2.75, 3.05) is 0 Å². The van der Waals surface area contributed by atoms with Gasteiger partial charge < -0.3 is 0 Å². The first-order valence-electron chi connectivity index (χ1n) is 5.56. The summed E-state index contributed by atoms with van der Waals surface area (Å²) >= 11 is 0. The Bertz CT molecular complexity index is 777. The van der Waals surface area contributed by atoms with Crippen LogP contribution in [0.15, 0.2) is 24.3 Å². The maximum atomic E-state index is 8.97. The van der Waals surface area contributed by atoms with Crippen LogP contribution in [0, 0.1) is 22.7 Å². The zero-order valence-electron chi connectivity index (χ0n) is 9.99. The molecule has 2 N–H and O–H groups in total. The van der Waals surface area contributed by atoms with Gasteiger partial charge in [-0.15, -0.1) is 10.2 Å². The average molecular weight is 262 g/mol. The Morgan fingerprint density at radius 2 is 1.35 bits per heavy atom. The molecule has 0 spiro atoms. The minimum atomic E-state index is 0.280. The topological polar surface area (TPSA) is 131 Å². The van der Waals surface area contributed by atoms with E-state index in [0.717, 1.165) is 0 Å². The summed E-state index contributed by atoms with van der Waals surface area (Å²) in [6.45, 7) is 0. The monoisotopic (exact) mass is 262 g/mol. The molecule has 20 heavy (non-hydrogen) atoms. The molecule has 3 rings (SSSR count). The summed E-state index contributed by atoms with van der Waals surface area (Å²) in [7, 11) is 0. The summed E-state index contributed by atoms with van der Waals surface area (Å²) in [5.41, 5.74) is 2.89. The fourth-order valence-electron chi connectivity index (χ4n) is 1.83. The highest BCUT2D eigenvalue weighted by molar-refractivity contribution is 5.73. The molecular formula is C12H6N8. The molecule has 1 aromatic carbocycles. The Hall–Kier alpha value is -3.52. The molecule has 0 saturated heterocycles. The number of nitrogens with zero attached hydrogens (tertiary/aromatic N) is 6. The fraction of sp³-hybridized carbons (Fsp3) is 0. The van der Waals surface area contributed by atoms with Crippen LogP contribution in [-0.2, 0) is 0 Å². The third-order valence-electron chi connectivity index (χ3n) is 2.73. The first kappa shape index (κ1) is 11.6. The second-order valence-electron chi connectivity index (χ2n) is 3.88. The lowest BCUT2D eigenvalue weighted by Gasteiger charge is -2.00. The van der Waals surface area contributed by atoms with Crippen molar-refractivity contribution in [3.05, 3.63) is 35.7 Å². The molecule has 0 radical (unpaired) electrons. The fourth-order valence-corrected chi connectivity index (χ4v) is 1.83. The molecule has 2 heterocycles. The van der Waals surface area contributed by atoms with E-state index < -0.39 is 0 Å². The molecule has 2 aromatic heterocycles. The number of rotatable bonds is 2. The third kappa shape index (κ3) is 1.78. The zero-order chi connectivity index (χ0) is 13.9. The average Bonchev–Trinajstić information content (AvgIpc) is 3.15. The van der Waals surface area contributed by atoms with Crippen molar-refractivity contribution in [2.24, 2.45) is 0 Å². The molecule has 8 nitrogen and oxygen atoms in total. The second kappa shape index (κ2) is 4.63. The maximum Gasteiger partial charge on any atom is 0.163 e. The van der Waals surface area contributed by atoms with Gasteiger partial charge in [-0.2, -0.15) is 10.5 Å². The normalized spacial score (nSPS) is 9.90. The van der Waals surface area contributed by atoms with Gasteiger partial charge in [-0.3, -0.25) is 0 Å². The van der Waals surface area contributed by atoms with Crippen molar-refractivity contribution >= 4 is 0 Å². The van der Waals surface area contributed by atoms with Crippen LogP contribution in [0.5, 0.6) is 0 Å². The van der Waals surface area contributed by atoms with E-state index in [4.69, 9.17) is 10.5 Å². The summed E-state index contributed by atoms with van der Waals surface area (Å²) < 4.78 is 0. The molecule has 0 aliphatic heterocycles. The number of aromatic amines is 2. The SMILES string of the molecule is N#Cc1[nH]nnc1-c1cccc(-c2nn[nH]c2C#N)c1. The third-order valence-corrected chi connectivity index (χ3v) is 2.73. The summed E-state index contributed by atoms with van der Waals surface area (Å²) in [5, 5.41) is 38.0. The first-order valence-corrected chi connectivity index (χ1v) is 5.56. The Balaban J connectivity index is 2.12. The van der Waals surface area contributed by atoms with Crippen LogP contribution in [-0.4, -0.2) is 30.8 Å². The van der Waals surface area contributed by atoms with E-state index in [0.29, 0.717) is 22.5 Å². The molecule has 0 bridgehead atoms. The lowest BCUT2D eigenvalue weighted by atomic mass is 10.0. The molecule has 0 aliphatic rings. The van der Waals surface area contributed by atoms with Gasteiger partial charge >= 0.3 is 0 Å². The Labute approximate surface area is 112 Å². The Kier molecular flexibility index (Phi) is 2.68. The van der Waals surface area contributed by atoms with Gasteiger partial charge in [-0.05, 0) is 6.07 Å². The van der Waals surface area contributed by atoms with Crippen molar-refractivity contribution in [1.29, 1.82) is 10.5 Å². The Morgan fingerprint density at radius 1 is 0.850 bits per heavy atom. The van der Waals surface area contributed by atoms with Crippen LogP contribution in [0.3, 0.4) is 0 Å². The number of hydrogen-bond acceptors (Lipinski definition) is 6. The van der Waals surface area contributed by atoms with Crippen LogP contribution in [0.1, 0.15) is 11.4 Å². The number of nitrogens with one attached hydrogen (secondary N) is 2. The van der Waals surface area contributed by atoms with E-state index in [1.807, 2.05) is 12.1 Å². The van der Waals surface area contributed by atoms with Gasteiger partial charge in [-0.25, -0.2) is 10.2 Å². The standard InChI is InChI=1S/C12H6N8/c13-5-9-11(17-19-15-9)7-2-1-3-8(4-7)12-10(6-14)16-20-18-12/h1-4H,(H,15,17,19)(H,16,18,20). The lowest BCUT2D eigenvalue weighted by Crippen LogP contribution is -1.86. The Morgan fingerprint density at radius 3 is 1.80 bits per heavy atom. The quantitative estimate of drug-likeness (QED) is 0.708. The number of aromatic nitrogens is 6. The lowest BCUT2D eigenvalue weighted by molar-refractivity contribution is 0.936. The summed E-state index contributed by atoms with van der Waals surface area (Å²) in [4.78, 5) is 0. The number of hydrogen-bond donors (Lipinski definition) is 2. The molecule has 8 heteroatoms. The molecule has 94 valence electrons. The highest BCUT2D eigenvalue weighted by atomic mass is 15.3. The minimum absolute atomic E-state index is 0.280. The zero-order valence-corrected chi connectivity index (χ0v) is 9.99. The van der Waals surface area contributed by atoms with Crippen molar-refractivity contribution in [3.63, 3.8) is 0 Å². The largest absolute Gasteiger partial charge is 0.247 e. The van der Waals surface area contributed by atoms with Gasteiger partial charge in [0, 0.05) is 11.1 Å². The molecule has 3 aromatic rings. The summed E-state index contributed by atoms with van der Waals surface area (Å²) in [6.07, 6.45) is 0. The van der Waals surface area contributed by atoms with E-state index >= 15 is 0 Å². The molecule has 0 fully saturated rings. The molecule has 0 atom stereocenters. The summed E-state index contributed by atoms with van der Waals surface area (Å²) in [6, 6.07) is 11.1. The van der Waals surface area contributed by atoms with Crippen LogP contribution in [0.2, 0.25) is 0 Å². The minimum Gasteiger partial charge on any atom is -0.247 e. The molecule has 0 unspecified atom stereocenters. The summed E-state index contributed by atoms with van der Waals surface area (Å²) in [5.74, 6) is 0. The van der Waals surface area contributed by atoms with Crippen molar-refractivity contribution < 1.29 is 0 Å². The van der Waals surface area contributed by atoms with E-state index in [1.54, 1.807) is 24.3 Å². The molecule has 0 saturated carbocycles. The number of nitriles is 2. The van der Waals surface area contributed by atoms with Crippen molar-refractivity contribution in [2.45, 2.75) is 0 Å². The predicted octanol–water partition coefficient (Wildman–Crippen LogP) is 1.00. The predicted molar refractivity (Wildman–Crippen MR) is 66.6 cm³/mol. The van der Waals surface area contributed by atoms with Crippen molar-refractivity contribution in [3.8, 4) is 34.7 Å². The van der Waals surface area contributed by atoms with E-state index in [-0.39, 0.29) is 11.4 Å². The van der Waals surface area contributed by atoms with Crippen LogP contribution in [0.4, 0.5) is 0 Å². The van der Waals surface area contributed by atoms with E-state index in [9.17, 15) is 0 Å². The van der Waals surface area contributed by atoms with Gasteiger partial charge in [-0.1, -0.05) is 28.6 Å².